The van der Waals surface area contributed by atoms with E-state index in [-0.39, 0.29) is 11.9 Å². The number of hydrogen-bond acceptors (Lipinski definition) is 3. The minimum Gasteiger partial charge on any atom is -0.469 e. The van der Waals surface area contributed by atoms with Crippen LogP contribution in [0.3, 0.4) is 0 Å². The molecule has 0 saturated carbocycles. The minimum atomic E-state index is -0.106. The molecule has 0 bridgehead atoms. The summed E-state index contributed by atoms with van der Waals surface area (Å²) in [7, 11) is 0. The number of carbonyl (C=O) groups excluding carboxylic acids is 1. The SMILES string of the molecule is CCc1occc1C(=O)NC(C)c1ccc(CN)cc1. The van der Waals surface area contributed by atoms with Crippen LogP contribution in [0.15, 0.2) is 41.0 Å². The largest absolute Gasteiger partial charge is 0.469 e. The van der Waals surface area contributed by atoms with E-state index in [4.69, 9.17) is 10.2 Å². The molecule has 4 nitrogen and oxygen atoms in total. The third-order valence-electron chi connectivity index (χ3n) is 3.37. The zero-order chi connectivity index (χ0) is 14.5. The van der Waals surface area contributed by atoms with Gasteiger partial charge in [-0.1, -0.05) is 31.2 Å². The molecule has 2 rings (SSSR count). The van der Waals surface area contributed by atoms with Gasteiger partial charge in [-0.25, -0.2) is 0 Å². The number of nitrogens with one attached hydrogen (secondary N) is 1. The molecule has 2 aromatic rings. The average Bonchev–Trinajstić information content (AvgIpc) is 2.95. The predicted octanol–water partition coefficient (Wildman–Crippen LogP) is 2.79. The summed E-state index contributed by atoms with van der Waals surface area (Å²) in [6.45, 7) is 4.45. The van der Waals surface area contributed by atoms with Crippen LogP contribution in [0.1, 0.15) is 47.1 Å². The Labute approximate surface area is 119 Å². The van der Waals surface area contributed by atoms with Crippen molar-refractivity contribution in [2.45, 2.75) is 32.9 Å². The lowest BCUT2D eigenvalue weighted by Crippen LogP contribution is -2.27. The van der Waals surface area contributed by atoms with Crippen molar-refractivity contribution in [3.8, 4) is 0 Å². The second-order valence-corrected chi connectivity index (χ2v) is 4.75. The Balaban J connectivity index is 2.06. The van der Waals surface area contributed by atoms with Crippen LogP contribution in [-0.4, -0.2) is 5.91 Å². The molecule has 1 aromatic heterocycles. The number of amides is 1. The topological polar surface area (TPSA) is 68.3 Å². The smallest absolute Gasteiger partial charge is 0.255 e. The van der Waals surface area contributed by atoms with Crippen molar-refractivity contribution in [3.63, 3.8) is 0 Å². The zero-order valence-corrected chi connectivity index (χ0v) is 11.8. The molecule has 1 atom stereocenters. The first-order chi connectivity index (χ1) is 9.65. The monoisotopic (exact) mass is 272 g/mol. The molecule has 0 saturated heterocycles. The summed E-state index contributed by atoms with van der Waals surface area (Å²) in [5.74, 6) is 0.610. The van der Waals surface area contributed by atoms with E-state index < -0.39 is 0 Å². The van der Waals surface area contributed by atoms with Crippen molar-refractivity contribution in [3.05, 3.63) is 59.0 Å². The summed E-state index contributed by atoms with van der Waals surface area (Å²) in [5.41, 5.74) is 8.31. The normalized spacial score (nSPS) is 12.2. The van der Waals surface area contributed by atoms with E-state index in [0.29, 0.717) is 24.3 Å². The molecule has 0 fully saturated rings. The minimum absolute atomic E-state index is 0.0612. The van der Waals surface area contributed by atoms with Crippen LogP contribution in [-0.2, 0) is 13.0 Å². The Hall–Kier alpha value is -2.07. The van der Waals surface area contributed by atoms with Crippen LogP contribution in [0.5, 0.6) is 0 Å². The molecular weight excluding hydrogens is 252 g/mol. The van der Waals surface area contributed by atoms with Gasteiger partial charge in [0.05, 0.1) is 17.9 Å². The first-order valence-corrected chi connectivity index (χ1v) is 6.81. The van der Waals surface area contributed by atoms with Crippen molar-refractivity contribution < 1.29 is 9.21 Å². The number of rotatable bonds is 5. The number of nitrogens with two attached hydrogens (primary N) is 1. The highest BCUT2D eigenvalue weighted by Gasteiger charge is 2.16. The molecular formula is C16H20N2O2. The van der Waals surface area contributed by atoms with Gasteiger partial charge in [0.1, 0.15) is 5.76 Å². The second-order valence-electron chi connectivity index (χ2n) is 4.75. The fraction of sp³-hybridized carbons (Fsp3) is 0.312. The van der Waals surface area contributed by atoms with Gasteiger partial charge in [0.2, 0.25) is 0 Å². The van der Waals surface area contributed by atoms with E-state index in [1.165, 1.54) is 0 Å². The van der Waals surface area contributed by atoms with Crippen molar-refractivity contribution >= 4 is 5.91 Å². The van der Waals surface area contributed by atoms with Gasteiger partial charge in [0, 0.05) is 13.0 Å². The third kappa shape index (κ3) is 3.08. The molecule has 1 unspecified atom stereocenters. The maximum Gasteiger partial charge on any atom is 0.255 e. The third-order valence-corrected chi connectivity index (χ3v) is 3.37. The van der Waals surface area contributed by atoms with E-state index in [1.54, 1.807) is 12.3 Å². The van der Waals surface area contributed by atoms with Crippen LogP contribution in [0.4, 0.5) is 0 Å². The molecule has 20 heavy (non-hydrogen) atoms. The molecule has 106 valence electrons. The Morgan fingerprint density at radius 3 is 2.60 bits per heavy atom. The number of hydrogen-bond donors (Lipinski definition) is 2. The molecule has 0 aliphatic carbocycles. The van der Waals surface area contributed by atoms with Gasteiger partial charge in [-0.05, 0) is 24.1 Å². The highest BCUT2D eigenvalue weighted by atomic mass is 16.3. The average molecular weight is 272 g/mol. The lowest BCUT2D eigenvalue weighted by Gasteiger charge is -2.14. The first-order valence-electron chi connectivity index (χ1n) is 6.81. The van der Waals surface area contributed by atoms with E-state index in [9.17, 15) is 4.79 Å². The molecule has 1 amide bonds. The predicted molar refractivity (Wildman–Crippen MR) is 78.3 cm³/mol. The Bertz CT molecular complexity index is 572. The summed E-state index contributed by atoms with van der Waals surface area (Å²) in [4.78, 5) is 12.2. The van der Waals surface area contributed by atoms with Gasteiger partial charge in [-0.15, -0.1) is 0 Å². The molecule has 0 spiro atoms. The molecule has 0 aliphatic rings. The lowest BCUT2D eigenvalue weighted by atomic mass is 10.1. The van der Waals surface area contributed by atoms with Crippen LogP contribution < -0.4 is 11.1 Å². The first kappa shape index (κ1) is 14.3. The van der Waals surface area contributed by atoms with Gasteiger partial charge in [-0.2, -0.15) is 0 Å². The van der Waals surface area contributed by atoms with E-state index >= 15 is 0 Å². The number of furan rings is 1. The summed E-state index contributed by atoms with van der Waals surface area (Å²) in [6.07, 6.45) is 2.25. The van der Waals surface area contributed by atoms with Crippen molar-refractivity contribution in [2.75, 3.05) is 0 Å². The summed E-state index contributed by atoms with van der Waals surface area (Å²) in [5, 5.41) is 2.98. The molecule has 3 N–H and O–H groups in total. The standard InChI is InChI=1S/C16H20N2O2/c1-3-15-14(8-9-20-15)16(19)18-11(2)13-6-4-12(10-17)5-7-13/h4-9,11H,3,10,17H2,1-2H3,(H,18,19). The fourth-order valence-corrected chi connectivity index (χ4v) is 2.12. The van der Waals surface area contributed by atoms with Crippen molar-refractivity contribution in [1.82, 2.24) is 5.32 Å². The quantitative estimate of drug-likeness (QED) is 0.879. The maximum absolute atomic E-state index is 12.2. The van der Waals surface area contributed by atoms with Crippen LogP contribution in [0.25, 0.3) is 0 Å². The van der Waals surface area contributed by atoms with E-state index in [2.05, 4.69) is 5.32 Å². The molecule has 4 heteroatoms. The molecule has 0 radical (unpaired) electrons. The zero-order valence-electron chi connectivity index (χ0n) is 11.8. The van der Waals surface area contributed by atoms with E-state index in [0.717, 1.165) is 11.1 Å². The van der Waals surface area contributed by atoms with Gasteiger partial charge in [0.25, 0.3) is 5.91 Å². The van der Waals surface area contributed by atoms with Crippen molar-refractivity contribution in [2.24, 2.45) is 5.73 Å². The van der Waals surface area contributed by atoms with Gasteiger partial charge < -0.3 is 15.5 Å². The highest BCUT2D eigenvalue weighted by Crippen LogP contribution is 2.16. The van der Waals surface area contributed by atoms with Crippen molar-refractivity contribution in [1.29, 1.82) is 0 Å². The van der Waals surface area contributed by atoms with Crippen LogP contribution in [0, 0.1) is 0 Å². The maximum atomic E-state index is 12.2. The summed E-state index contributed by atoms with van der Waals surface area (Å²) < 4.78 is 5.28. The Kier molecular flexibility index (Phi) is 4.58. The van der Waals surface area contributed by atoms with Gasteiger partial charge >= 0.3 is 0 Å². The highest BCUT2D eigenvalue weighted by molar-refractivity contribution is 5.95. The second kappa shape index (κ2) is 6.39. The summed E-state index contributed by atoms with van der Waals surface area (Å²) >= 11 is 0. The molecule has 1 heterocycles. The number of aryl methyl sites for hydroxylation is 1. The number of carbonyl (C=O) groups is 1. The Morgan fingerprint density at radius 1 is 1.30 bits per heavy atom. The van der Waals surface area contributed by atoms with Gasteiger partial charge in [0.15, 0.2) is 0 Å². The van der Waals surface area contributed by atoms with Gasteiger partial charge in [-0.3, -0.25) is 4.79 Å². The fourth-order valence-electron chi connectivity index (χ4n) is 2.12. The number of benzene rings is 1. The lowest BCUT2D eigenvalue weighted by molar-refractivity contribution is 0.0938. The molecule has 0 aliphatic heterocycles. The molecule has 1 aromatic carbocycles. The van der Waals surface area contributed by atoms with E-state index in [1.807, 2.05) is 38.1 Å². The van der Waals surface area contributed by atoms with Crippen LogP contribution >= 0.6 is 0 Å². The Morgan fingerprint density at radius 2 is 2.00 bits per heavy atom. The van der Waals surface area contributed by atoms with Crippen LogP contribution in [0.2, 0.25) is 0 Å². The summed E-state index contributed by atoms with van der Waals surface area (Å²) in [6, 6.07) is 9.58.